The molecule has 0 unspecified atom stereocenters. The Bertz CT molecular complexity index is 578. The Hall–Kier alpha value is -1.06. The van der Waals surface area contributed by atoms with E-state index in [1.165, 1.54) is 5.56 Å². The van der Waals surface area contributed by atoms with Gasteiger partial charge >= 0.3 is 0 Å². The van der Waals surface area contributed by atoms with Gasteiger partial charge in [-0.1, -0.05) is 12.1 Å². The predicted molar refractivity (Wildman–Crippen MR) is 125 cm³/mol. The highest BCUT2D eigenvalue weighted by Gasteiger charge is 2.13. The second-order valence-electron chi connectivity index (χ2n) is 6.92. The summed E-state index contributed by atoms with van der Waals surface area (Å²) in [6.45, 7) is 9.76. The van der Waals surface area contributed by atoms with Crippen LogP contribution in [0.4, 0.5) is 0 Å². The van der Waals surface area contributed by atoms with Gasteiger partial charge in [0.05, 0.1) is 13.7 Å². The highest BCUT2D eigenvalue weighted by molar-refractivity contribution is 14.0. The van der Waals surface area contributed by atoms with Crippen LogP contribution in [0.3, 0.4) is 0 Å². The lowest BCUT2D eigenvalue weighted by Gasteiger charge is -2.21. The van der Waals surface area contributed by atoms with E-state index in [1.54, 1.807) is 7.11 Å². The maximum absolute atomic E-state index is 5.81. The van der Waals surface area contributed by atoms with Crippen LogP contribution >= 0.6 is 24.0 Å². The SMILES string of the molecule is CCNC(=NCc1ccc(C)cc1OC)NCCCOCC1CCOCC1.I. The summed E-state index contributed by atoms with van der Waals surface area (Å²) in [5.41, 5.74) is 2.27. The molecule has 0 bridgehead atoms. The van der Waals surface area contributed by atoms with E-state index < -0.39 is 0 Å². The minimum Gasteiger partial charge on any atom is -0.496 e. The molecule has 7 heteroatoms. The summed E-state index contributed by atoms with van der Waals surface area (Å²) in [6, 6.07) is 6.20. The molecular weight excluding hydrogens is 469 g/mol. The summed E-state index contributed by atoms with van der Waals surface area (Å²) in [4.78, 5) is 4.67. The Morgan fingerprint density at radius 2 is 2.04 bits per heavy atom. The molecule has 0 aromatic heterocycles. The van der Waals surface area contributed by atoms with Crippen LogP contribution in [-0.2, 0) is 16.0 Å². The Kier molecular flexibility index (Phi) is 13.3. The number of nitrogens with one attached hydrogen (secondary N) is 2. The van der Waals surface area contributed by atoms with Crippen LogP contribution in [0.1, 0.15) is 37.3 Å². The van der Waals surface area contributed by atoms with Crippen LogP contribution in [0, 0.1) is 12.8 Å². The Morgan fingerprint density at radius 1 is 1.25 bits per heavy atom. The van der Waals surface area contributed by atoms with E-state index in [9.17, 15) is 0 Å². The Labute approximate surface area is 186 Å². The molecule has 160 valence electrons. The fourth-order valence-electron chi connectivity index (χ4n) is 3.03. The van der Waals surface area contributed by atoms with E-state index in [0.29, 0.717) is 12.5 Å². The van der Waals surface area contributed by atoms with Gasteiger partial charge in [0.25, 0.3) is 0 Å². The number of aliphatic imine (C=N–C) groups is 1. The van der Waals surface area contributed by atoms with E-state index in [2.05, 4.69) is 41.6 Å². The number of benzene rings is 1. The highest BCUT2D eigenvalue weighted by atomic mass is 127. The number of aryl methyl sites for hydroxylation is 1. The van der Waals surface area contributed by atoms with Gasteiger partial charge in [0.2, 0.25) is 0 Å². The molecule has 0 saturated carbocycles. The van der Waals surface area contributed by atoms with Crippen molar-refractivity contribution in [1.82, 2.24) is 10.6 Å². The first kappa shape index (κ1) is 25.0. The number of hydrogen-bond acceptors (Lipinski definition) is 4. The number of guanidine groups is 1. The second-order valence-corrected chi connectivity index (χ2v) is 6.92. The quantitative estimate of drug-likeness (QED) is 0.221. The van der Waals surface area contributed by atoms with Crippen molar-refractivity contribution in [3.8, 4) is 5.75 Å². The molecule has 2 rings (SSSR count). The zero-order valence-corrected chi connectivity index (χ0v) is 19.8. The van der Waals surface area contributed by atoms with E-state index in [0.717, 1.165) is 76.1 Å². The van der Waals surface area contributed by atoms with E-state index >= 15 is 0 Å². The number of ether oxygens (including phenoxy) is 3. The van der Waals surface area contributed by atoms with Gasteiger partial charge in [0.15, 0.2) is 5.96 Å². The van der Waals surface area contributed by atoms with Crippen molar-refractivity contribution in [2.75, 3.05) is 46.6 Å². The smallest absolute Gasteiger partial charge is 0.191 e. The number of hydrogen-bond donors (Lipinski definition) is 2. The third-order valence-corrected chi connectivity index (χ3v) is 4.65. The van der Waals surface area contributed by atoms with E-state index in [1.807, 2.05) is 6.07 Å². The third kappa shape index (κ3) is 9.43. The Balaban J connectivity index is 0.00000392. The summed E-state index contributed by atoms with van der Waals surface area (Å²) in [5, 5.41) is 6.66. The van der Waals surface area contributed by atoms with Gasteiger partial charge in [-0.3, -0.25) is 0 Å². The lowest BCUT2D eigenvalue weighted by atomic mass is 10.0. The summed E-state index contributed by atoms with van der Waals surface area (Å²) < 4.78 is 16.6. The monoisotopic (exact) mass is 505 g/mol. The van der Waals surface area contributed by atoms with Gasteiger partial charge in [0.1, 0.15) is 5.75 Å². The molecule has 0 aliphatic carbocycles. The fourth-order valence-corrected chi connectivity index (χ4v) is 3.03. The van der Waals surface area contributed by atoms with Crippen LogP contribution in [0.15, 0.2) is 23.2 Å². The number of halogens is 1. The summed E-state index contributed by atoms with van der Waals surface area (Å²) in [6.07, 6.45) is 3.21. The molecular formula is C21H36IN3O3. The van der Waals surface area contributed by atoms with E-state index in [4.69, 9.17) is 14.2 Å². The molecule has 1 heterocycles. The molecule has 2 N–H and O–H groups in total. The van der Waals surface area contributed by atoms with Crippen molar-refractivity contribution in [3.63, 3.8) is 0 Å². The second kappa shape index (κ2) is 14.9. The average molecular weight is 505 g/mol. The number of nitrogens with zero attached hydrogens (tertiary/aromatic N) is 1. The predicted octanol–water partition coefficient (Wildman–Crippen LogP) is 3.51. The maximum atomic E-state index is 5.81. The van der Waals surface area contributed by atoms with Gasteiger partial charge in [-0.05, 0) is 50.7 Å². The van der Waals surface area contributed by atoms with E-state index in [-0.39, 0.29) is 24.0 Å². The molecule has 1 aliphatic rings. The van der Waals surface area contributed by atoms with Crippen LogP contribution in [-0.4, -0.2) is 52.6 Å². The third-order valence-electron chi connectivity index (χ3n) is 4.65. The van der Waals surface area contributed by atoms with Crippen molar-refractivity contribution in [2.45, 2.75) is 39.7 Å². The zero-order valence-electron chi connectivity index (χ0n) is 17.5. The molecule has 0 spiro atoms. The maximum Gasteiger partial charge on any atom is 0.191 e. The van der Waals surface area contributed by atoms with Crippen molar-refractivity contribution in [1.29, 1.82) is 0 Å². The molecule has 1 saturated heterocycles. The summed E-state index contributed by atoms with van der Waals surface area (Å²) in [7, 11) is 1.70. The first-order chi connectivity index (χ1) is 13.2. The van der Waals surface area contributed by atoms with Gasteiger partial charge in [0, 0.05) is 45.1 Å². The van der Waals surface area contributed by atoms with Crippen molar-refractivity contribution in [2.24, 2.45) is 10.9 Å². The highest BCUT2D eigenvalue weighted by Crippen LogP contribution is 2.20. The van der Waals surface area contributed by atoms with Gasteiger partial charge in [-0.2, -0.15) is 0 Å². The minimum absolute atomic E-state index is 0. The molecule has 1 aromatic carbocycles. The lowest BCUT2D eigenvalue weighted by molar-refractivity contribution is 0.0203. The minimum atomic E-state index is 0. The fraction of sp³-hybridized carbons (Fsp3) is 0.667. The van der Waals surface area contributed by atoms with Gasteiger partial charge in [-0.15, -0.1) is 24.0 Å². The molecule has 1 aliphatic heterocycles. The largest absolute Gasteiger partial charge is 0.496 e. The molecule has 6 nitrogen and oxygen atoms in total. The Morgan fingerprint density at radius 3 is 2.75 bits per heavy atom. The van der Waals surface area contributed by atoms with Crippen LogP contribution in [0.25, 0.3) is 0 Å². The zero-order chi connectivity index (χ0) is 19.3. The molecule has 0 radical (unpaired) electrons. The normalized spacial score (nSPS) is 15.0. The summed E-state index contributed by atoms with van der Waals surface area (Å²) >= 11 is 0. The van der Waals surface area contributed by atoms with Gasteiger partial charge < -0.3 is 24.8 Å². The van der Waals surface area contributed by atoms with Crippen molar-refractivity contribution < 1.29 is 14.2 Å². The first-order valence-corrected chi connectivity index (χ1v) is 10.0. The van der Waals surface area contributed by atoms with Crippen molar-refractivity contribution in [3.05, 3.63) is 29.3 Å². The standard InChI is InChI=1S/C21H35N3O3.HI/c1-4-22-21(24-15-19-7-6-17(2)14-20(19)25-3)23-10-5-11-27-16-18-8-12-26-13-9-18;/h6-7,14,18H,4-5,8-13,15-16H2,1-3H3,(H2,22,23,24);1H. The molecule has 28 heavy (non-hydrogen) atoms. The average Bonchev–Trinajstić information content (AvgIpc) is 2.70. The topological polar surface area (TPSA) is 64.1 Å². The summed E-state index contributed by atoms with van der Waals surface area (Å²) in [5.74, 6) is 2.37. The number of rotatable bonds is 10. The number of methoxy groups -OCH3 is 1. The van der Waals surface area contributed by atoms with Crippen LogP contribution < -0.4 is 15.4 Å². The first-order valence-electron chi connectivity index (χ1n) is 10.0. The van der Waals surface area contributed by atoms with Crippen LogP contribution in [0.2, 0.25) is 0 Å². The van der Waals surface area contributed by atoms with Gasteiger partial charge in [-0.25, -0.2) is 4.99 Å². The van der Waals surface area contributed by atoms with Crippen molar-refractivity contribution >= 4 is 29.9 Å². The molecule has 0 amide bonds. The lowest BCUT2D eigenvalue weighted by Crippen LogP contribution is -2.38. The van der Waals surface area contributed by atoms with Crippen LogP contribution in [0.5, 0.6) is 5.75 Å². The molecule has 0 atom stereocenters. The molecule has 1 fully saturated rings. The molecule has 1 aromatic rings.